The fraction of sp³-hybridized carbons (Fsp3) is 0.286. The van der Waals surface area contributed by atoms with Crippen LogP contribution in [0.2, 0.25) is 0 Å². The second kappa shape index (κ2) is 9.24. The number of nitrogens with one attached hydrogen (secondary N) is 1. The Morgan fingerprint density at radius 3 is 2.86 bits per heavy atom. The maximum atomic E-state index is 11.4. The number of non-ortho nitro benzene ring substituents is 1. The van der Waals surface area contributed by atoms with Gasteiger partial charge in [-0.05, 0) is 11.6 Å². The zero-order valence-corrected chi connectivity index (χ0v) is 12.0. The molecule has 118 valence electrons. The van der Waals surface area contributed by atoms with Gasteiger partial charge in [0, 0.05) is 31.9 Å². The van der Waals surface area contributed by atoms with Gasteiger partial charge in [-0.1, -0.05) is 12.1 Å². The Balaban J connectivity index is 2.43. The number of nitrogens with zero attached hydrogens (tertiary/aromatic N) is 1. The molecule has 0 aliphatic rings. The molecule has 8 heteroatoms. The number of esters is 1. The lowest BCUT2D eigenvalue weighted by Crippen LogP contribution is -2.31. The van der Waals surface area contributed by atoms with E-state index in [0.29, 0.717) is 18.7 Å². The predicted molar refractivity (Wildman–Crippen MR) is 78.0 cm³/mol. The van der Waals surface area contributed by atoms with Gasteiger partial charge in [0.05, 0.1) is 11.5 Å². The number of ether oxygens (including phenoxy) is 2. The summed E-state index contributed by atoms with van der Waals surface area (Å²) < 4.78 is 9.47. The molecule has 0 saturated heterocycles. The summed E-state index contributed by atoms with van der Waals surface area (Å²) >= 11 is 0. The molecule has 0 aliphatic carbocycles. The van der Waals surface area contributed by atoms with Gasteiger partial charge in [0.25, 0.3) is 11.6 Å². The number of carbonyl (C=O) groups excluding carboxylic acids is 2. The average Bonchev–Trinajstić information content (AvgIpc) is 2.51. The molecular weight excluding hydrogens is 292 g/mol. The highest BCUT2D eigenvalue weighted by atomic mass is 16.6. The van der Waals surface area contributed by atoms with Crippen molar-refractivity contribution in [3.63, 3.8) is 0 Å². The lowest BCUT2D eigenvalue weighted by atomic mass is 10.2. The fourth-order valence-corrected chi connectivity index (χ4v) is 1.43. The summed E-state index contributed by atoms with van der Waals surface area (Å²) in [4.78, 5) is 32.8. The Morgan fingerprint density at radius 1 is 1.41 bits per heavy atom. The van der Waals surface area contributed by atoms with Crippen molar-refractivity contribution >= 4 is 23.6 Å². The summed E-state index contributed by atoms with van der Waals surface area (Å²) in [6.07, 6.45) is 2.47. The summed E-state index contributed by atoms with van der Waals surface area (Å²) in [6.45, 7) is 0.296. The van der Waals surface area contributed by atoms with Crippen LogP contribution in [-0.4, -0.2) is 43.7 Å². The van der Waals surface area contributed by atoms with Gasteiger partial charge in [-0.25, -0.2) is 4.79 Å². The van der Waals surface area contributed by atoms with Gasteiger partial charge >= 0.3 is 5.97 Å². The minimum absolute atomic E-state index is 0.0759. The first-order chi connectivity index (χ1) is 10.5. The lowest BCUT2D eigenvalue weighted by Gasteiger charge is -2.04. The Labute approximate surface area is 126 Å². The Morgan fingerprint density at radius 2 is 2.18 bits per heavy atom. The second-order valence-corrected chi connectivity index (χ2v) is 4.14. The number of hydrogen-bond acceptors (Lipinski definition) is 6. The highest BCUT2D eigenvalue weighted by Crippen LogP contribution is 2.14. The van der Waals surface area contributed by atoms with Crippen molar-refractivity contribution in [2.24, 2.45) is 0 Å². The van der Waals surface area contributed by atoms with Crippen molar-refractivity contribution in [3.8, 4) is 0 Å². The molecule has 0 aliphatic heterocycles. The van der Waals surface area contributed by atoms with Crippen LogP contribution in [0.3, 0.4) is 0 Å². The zero-order chi connectivity index (χ0) is 16.4. The van der Waals surface area contributed by atoms with Crippen molar-refractivity contribution in [3.05, 3.63) is 46.0 Å². The van der Waals surface area contributed by atoms with Crippen LogP contribution in [0.5, 0.6) is 0 Å². The zero-order valence-electron chi connectivity index (χ0n) is 12.0. The van der Waals surface area contributed by atoms with Gasteiger partial charge < -0.3 is 14.8 Å². The fourth-order valence-electron chi connectivity index (χ4n) is 1.43. The number of nitro groups is 1. The van der Waals surface area contributed by atoms with Crippen LogP contribution in [0.4, 0.5) is 5.69 Å². The molecule has 8 nitrogen and oxygen atoms in total. The van der Waals surface area contributed by atoms with E-state index in [9.17, 15) is 19.7 Å². The molecule has 1 amide bonds. The molecular formula is C14H16N2O6. The average molecular weight is 308 g/mol. The summed E-state index contributed by atoms with van der Waals surface area (Å²) in [6, 6.07) is 5.78. The number of carbonyl (C=O) groups is 2. The summed E-state index contributed by atoms with van der Waals surface area (Å²) in [7, 11) is 1.50. The maximum Gasteiger partial charge on any atom is 0.331 e. The molecule has 0 radical (unpaired) electrons. The smallest absolute Gasteiger partial charge is 0.331 e. The maximum absolute atomic E-state index is 11.4. The van der Waals surface area contributed by atoms with E-state index in [1.807, 2.05) is 0 Å². The summed E-state index contributed by atoms with van der Waals surface area (Å²) in [5.41, 5.74) is 0.406. The van der Waals surface area contributed by atoms with Crippen LogP contribution in [-0.2, 0) is 19.1 Å². The monoisotopic (exact) mass is 308 g/mol. The van der Waals surface area contributed by atoms with Crippen molar-refractivity contribution in [2.45, 2.75) is 0 Å². The Kier molecular flexibility index (Phi) is 7.27. The third-order valence-electron chi connectivity index (χ3n) is 2.47. The SMILES string of the molecule is COCCNC(=O)COC(=O)/C=C/c1cccc([N+](=O)[O-])c1. The Hall–Kier alpha value is -2.74. The summed E-state index contributed by atoms with van der Waals surface area (Å²) in [5, 5.41) is 13.1. The van der Waals surface area contributed by atoms with Crippen molar-refractivity contribution in [2.75, 3.05) is 26.9 Å². The van der Waals surface area contributed by atoms with Crippen molar-refractivity contribution in [1.29, 1.82) is 0 Å². The van der Waals surface area contributed by atoms with Gasteiger partial charge in [0.2, 0.25) is 0 Å². The predicted octanol–water partition coefficient (Wildman–Crippen LogP) is 0.914. The number of rotatable bonds is 8. The second-order valence-electron chi connectivity index (χ2n) is 4.14. The van der Waals surface area contributed by atoms with Crippen LogP contribution in [0, 0.1) is 10.1 Å². The third-order valence-corrected chi connectivity index (χ3v) is 2.47. The molecule has 0 fully saturated rings. The van der Waals surface area contributed by atoms with E-state index >= 15 is 0 Å². The number of benzene rings is 1. The van der Waals surface area contributed by atoms with Crippen LogP contribution >= 0.6 is 0 Å². The molecule has 0 aromatic heterocycles. The van der Waals surface area contributed by atoms with Crippen molar-refractivity contribution in [1.82, 2.24) is 5.32 Å². The van der Waals surface area contributed by atoms with Crippen LogP contribution < -0.4 is 5.32 Å². The summed E-state index contributed by atoms with van der Waals surface area (Å²) in [5.74, 6) is -1.15. The quantitative estimate of drug-likeness (QED) is 0.251. The third kappa shape index (κ3) is 6.62. The van der Waals surface area contributed by atoms with E-state index in [4.69, 9.17) is 9.47 Å². The molecule has 1 N–H and O–H groups in total. The molecule has 1 rings (SSSR count). The standard InChI is InChI=1S/C14H16N2O6/c1-21-8-7-15-13(17)10-22-14(18)6-5-11-3-2-4-12(9-11)16(19)20/h2-6,9H,7-8,10H2,1H3,(H,15,17)/b6-5+. The van der Waals surface area contributed by atoms with Crippen molar-refractivity contribution < 1.29 is 24.0 Å². The number of nitro benzene ring substituents is 1. The molecule has 0 heterocycles. The van der Waals surface area contributed by atoms with Gasteiger partial charge in [-0.2, -0.15) is 0 Å². The largest absolute Gasteiger partial charge is 0.452 e. The lowest BCUT2D eigenvalue weighted by molar-refractivity contribution is -0.384. The molecule has 0 bridgehead atoms. The molecule has 0 unspecified atom stereocenters. The number of methoxy groups -OCH3 is 1. The highest BCUT2D eigenvalue weighted by Gasteiger charge is 2.06. The van der Waals surface area contributed by atoms with Gasteiger partial charge in [-0.3, -0.25) is 14.9 Å². The molecule has 1 aromatic rings. The first-order valence-electron chi connectivity index (χ1n) is 6.38. The van der Waals surface area contributed by atoms with Gasteiger partial charge in [0.1, 0.15) is 0 Å². The number of amides is 1. The minimum atomic E-state index is -0.714. The highest BCUT2D eigenvalue weighted by molar-refractivity contribution is 5.89. The van der Waals surface area contributed by atoms with Crippen LogP contribution in [0.25, 0.3) is 6.08 Å². The van der Waals surface area contributed by atoms with Crippen LogP contribution in [0.1, 0.15) is 5.56 Å². The van der Waals surface area contributed by atoms with Crippen LogP contribution in [0.15, 0.2) is 30.3 Å². The van der Waals surface area contributed by atoms with E-state index < -0.39 is 23.4 Å². The molecule has 22 heavy (non-hydrogen) atoms. The minimum Gasteiger partial charge on any atom is -0.452 e. The molecule has 0 spiro atoms. The normalized spacial score (nSPS) is 10.4. The van der Waals surface area contributed by atoms with Gasteiger partial charge in [0.15, 0.2) is 6.61 Å². The molecule has 0 saturated carbocycles. The van der Waals surface area contributed by atoms with Gasteiger partial charge in [-0.15, -0.1) is 0 Å². The molecule has 1 aromatic carbocycles. The van der Waals surface area contributed by atoms with E-state index in [2.05, 4.69) is 5.32 Å². The Bertz CT molecular complexity index is 570. The first-order valence-corrected chi connectivity index (χ1v) is 6.38. The topological polar surface area (TPSA) is 108 Å². The van der Waals surface area contributed by atoms with E-state index in [-0.39, 0.29) is 5.69 Å². The number of hydrogen-bond donors (Lipinski definition) is 1. The molecule has 0 atom stereocenters. The van der Waals surface area contributed by atoms with E-state index in [1.54, 1.807) is 6.07 Å². The first kappa shape index (κ1) is 17.3. The van der Waals surface area contributed by atoms with E-state index in [0.717, 1.165) is 6.08 Å². The van der Waals surface area contributed by atoms with E-state index in [1.165, 1.54) is 31.4 Å².